The molecule has 9 heteroatoms. The first kappa shape index (κ1) is 23.8. The Balaban J connectivity index is 0.00000252. The zero-order valence-corrected chi connectivity index (χ0v) is 21.2. The maximum atomic E-state index is 4.86. The van der Waals surface area contributed by atoms with Crippen LogP contribution in [0.2, 0.25) is 0 Å². The van der Waals surface area contributed by atoms with Crippen LogP contribution in [0.15, 0.2) is 61.1 Å². The summed E-state index contributed by atoms with van der Waals surface area (Å²) in [6.07, 6.45) is 10.2. The third kappa shape index (κ3) is 4.64. The van der Waals surface area contributed by atoms with Gasteiger partial charge in [-0.2, -0.15) is 0 Å². The van der Waals surface area contributed by atoms with E-state index in [1.807, 2.05) is 18.6 Å². The lowest BCUT2D eigenvalue weighted by Gasteiger charge is -2.06. The summed E-state index contributed by atoms with van der Waals surface area (Å²) in [6.45, 7) is 2.11. The monoisotopic (exact) mass is 512 g/mol. The van der Waals surface area contributed by atoms with Crippen molar-refractivity contribution < 1.29 is 0 Å². The topological polar surface area (TPSA) is 107 Å². The van der Waals surface area contributed by atoms with Crippen molar-refractivity contribution in [1.29, 1.82) is 0 Å². The Bertz CT molecular complexity index is 1490. The molecule has 0 spiro atoms. The van der Waals surface area contributed by atoms with Crippen LogP contribution in [-0.2, 0) is 0 Å². The first-order chi connectivity index (χ1) is 17.8. The molecule has 2 saturated heterocycles. The SMILES string of the molecule is Cl.c1cc(-c2ccc3[nH]c([C@@H]4CCCN4)nc3c2)ccc1-c1cnc(-c2cnc([C@@H]3CCCN3)[nH]2)nc1. The molecular weight excluding hydrogens is 484 g/mol. The molecule has 37 heavy (non-hydrogen) atoms. The van der Waals surface area contributed by atoms with Crippen molar-refractivity contribution in [2.24, 2.45) is 0 Å². The fourth-order valence-corrected chi connectivity index (χ4v) is 5.30. The van der Waals surface area contributed by atoms with Crippen molar-refractivity contribution >= 4 is 23.4 Å². The second-order valence-corrected chi connectivity index (χ2v) is 9.71. The zero-order valence-electron chi connectivity index (χ0n) is 20.4. The van der Waals surface area contributed by atoms with E-state index in [4.69, 9.17) is 4.98 Å². The molecule has 2 aliphatic heterocycles. The van der Waals surface area contributed by atoms with Gasteiger partial charge in [0.25, 0.3) is 0 Å². The summed E-state index contributed by atoms with van der Waals surface area (Å²) in [5.41, 5.74) is 7.33. The van der Waals surface area contributed by atoms with Gasteiger partial charge in [-0.05, 0) is 67.6 Å². The number of nitrogens with zero attached hydrogens (tertiary/aromatic N) is 4. The van der Waals surface area contributed by atoms with E-state index >= 15 is 0 Å². The number of rotatable bonds is 5. The quantitative estimate of drug-likeness (QED) is 0.253. The van der Waals surface area contributed by atoms with Crippen LogP contribution < -0.4 is 10.6 Å². The fraction of sp³-hybridized carbons (Fsp3) is 0.286. The lowest BCUT2D eigenvalue weighted by molar-refractivity contribution is 0.613. The van der Waals surface area contributed by atoms with E-state index in [1.165, 1.54) is 12.8 Å². The smallest absolute Gasteiger partial charge is 0.177 e. The molecular formula is C28H29ClN8. The van der Waals surface area contributed by atoms with Crippen LogP contribution in [0.5, 0.6) is 0 Å². The molecule has 0 aliphatic carbocycles. The Labute approximate surface area is 221 Å². The number of hydrogen-bond donors (Lipinski definition) is 4. The summed E-state index contributed by atoms with van der Waals surface area (Å²) in [7, 11) is 0. The molecule has 7 rings (SSSR count). The highest BCUT2D eigenvalue weighted by atomic mass is 35.5. The molecule has 0 radical (unpaired) electrons. The van der Waals surface area contributed by atoms with E-state index in [2.05, 4.69) is 78.0 Å². The van der Waals surface area contributed by atoms with Gasteiger partial charge in [0.2, 0.25) is 0 Å². The minimum absolute atomic E-state index is 0. The summed E-state index contributed by atoms with van der Waals surface area (Å²) < 4.78 is 0. The molecule has 2 aromatic carbocycles. The van der Waals surface area contributed by atoms with Gasteiger partial charge in [0.05, 0.1) is 29.3 Å². The summed E-state index contributed by atoms with van der Waals surface area (Å²) in [5.74, 6) is 2.66. The Morgan fingerprint density at radius 1 is 0.649 bits per heavy atom. The molecule has 4 N–H and O–H groups in total. The third-order valence-corrected chi connectivity index (χ3v) is 7.32. The number of nitrogens with one attached hydrogen (secondary N) is 4. The Hall–Kier alpha value is -3.59. The van der Waals surface area contributed by atoms with E-state index in [0.29, 0.717) is 17.9 Å². The van der Waals surface area contributed by atoms with Crippen molar-refractivity contribution in [3.05, 3.63) is 72.7 Å². The molecule has 2 aliphatic rings. The first-order valence-corrected chi connectivity index (χ1v) is 12.7. The summed E-state index contributed by atoms with van der Waals surface area (Å²) in [4.78, 5) is 25.4. The molecule has 0 saturated carbocycles. The van der Waals surface area contributed by atoms with Gasteiger partial charge in [0.1, 0.15) is 17.3 Å². The van der Waals surface area contributed by atoms with Gasteiger partial charge in [-0.1, -0.05) is 30.3 Å². The number of hydrogen-bond acceptors (Lipinski definition) is 6. The normalized spacial score (nSPS) is 19.4. The van der Waals surface area contributed by atoms with Crippen LogP contribution in [0.4, 0.5) is 0 Å². The highest BCUT2D eigenvalue weighted by Crippen LogP contribution is 2.29. The van der Waals surface area contributed by atoms with Crippen LogP contribution in [-0.4, -0.2) is 43.0 Å². The summed E-state index contributed by atoms with van der Waals surface area (Å²) in [6, 6.07) is 15.6. The van der Waals surface area contributed by atoms with E-state index in [1.54, 1.807) is 0 Å². The van der Waals surface area contributed by atoms with Gasteiger partial charge in [0, 0.05) is 18.0 Å². The van der Waals surface area contributed by atoms with Crippen molar-refractivity contribution in [2.45, 2.75) is 37.8 Å². The van der Waals surface area contributed by atoms with Crippen LogP contribution >= 0.6 is 12.4 Å². The van der Waals surface area contributed by atoms with Crippen molar-refractivity contribution in [3.8, 4) is 33.8 Å². The second kappa shape index (κ2) is 10.0. The number of fused-ring (bicyclic) bond motifs is 1. The van der Waals surface area contributed by atoms with Gasteiger partial charge in [-0.3, -0.25) is 0 Å². The molecule has 0 amide bonds. The molecule has 5 heterocycles. The average molecular weight is 513 g/mol. The first-order valence-electron chi connectivity index (χ1n) is 12.7. The molecule has 2 atom stereocenters. The van der Waals surface area contributed by atoms with Gasteiger partial charge >= 0.3 is 0 Å². The van der Waals surface area contributed by atoms with E-state index in [0.717, 1.165) is 76.6 Å². The van der Waals surface area contributed by atoms with Gasteiger partial charge in [-0.25, -0.2) is 19.9 Å². The Morgan fingerprint density at radius 2 is 1.30 bits per heavy atom. The average Bonchev–Trinajstić information content (AvgIpc) is 3.75. The van der Waals surface area contributed by atoms with Gasteiger partial charge < -0.3 is 20.6 Å². The Kier molecular flexibility index (Phi) is 6.46. The maximum absolute atomic E-state index is 4.86. The second-order valence-electron chi connectivity index (χ2n) is 9.71. The fourth-order valence-electron chi connectivity index (χ4n) is 5.30. The summed E-state index contributed by atoms with van der Waals surface area (Å²) in [5, 5.41) is 6.98. The largest absolute Gasteiger partial charge is 0.341 e. The minimum Gasteiger partial charge on any atom is -0.341 e. The predicted octanol–water partition coefficient (Wildman–Crippen LogP) is 5.35. The maximum Gasteiger partial charge on any atom is 0.177 e. The molecule has 2 fully saturated rings. The van der Waals surface area contributed by atoms with Crippen molar-refractivity contribution in [3.63, 3.8) is 0 Å². The third-order valence-electron chi connectivity index (χ3n) is 7.32. The number of halogens is 1. The van der Waals surface area contributed by atoms with E-state index in [-0.39, 0.29) is 12.4 Å². The standard InChI is InChI=1S/C28H28N8.ClH/c1-3-22(29-11-1)27-33-16-25(36-27)26-31-14-20(15-32-26)18-7-5-17(6-8-18)19-9-10-21-24(13-19)35-28(34-21)23-4-2-12-30-23;/h5-10,13-16,22-23,29-30H,1-4,11-12H2,(H,33,36)(H,34,35);1H/t22-,23-;/m0./s1. The van der Waals surface area contributed by atoms with Crippen LogP contribution in [0.3, 0.4) is 0 Å². The lowest BCUT2D eigenvalue weighted by Crippen LogP contribution is -2.14. The highest BCUT2D eigenvalue weighted by Gasteiger charge is 2.20. The minimum atomic E-state index is 0. The number of H-pyrrole nitrogens is 2. The summed E-state index contributed by atoms with van der Waals surface area (Å²) >= 11 is 0. The molecule has 0 unspecified atom stereocenters. The number of imidazole rings is 2. The highest BCUT2D eigenvalue weighted by molar-refractivity contribution is 5.85. The molecule has 5 aromatic rings. The molecule has 3 aromatic heterocycles. The van der Waals surface area contributed by atoms with Crippen molar-refractivity contribution in [1.82, 2.24) is 40.5 Å². The number of aromatic nitrogens is 6. The van der Waals surface area contributed by atoms with Crippen molar-refractivity contribution in [2.75, 3.05) is 13.1 Å². The van der Waals surface area contributed by atoms with Gasteiger partial charge in [0.15, 0.2) is 5.82 Å². The zero-order chi connectivity index (χ0) is 23.9. The van der Waals surface area contributed by atoms with Crippen LogP contribution in [0, 0.1) is 0 Å². The van der Waals surface area contributed by atoms with Crippen LogP contribution in [0.1, 0.15) is 49.4 Å². The van der Waals surface area contributed by atoms with Gasteiger partial charge in [-0.15, -0.1) is 12.4 Å². The number of benzene rings is 2. The van der Waals surface area contributed by atoms with E-state index < -0.39 is 0 Å². The predicted molar refractivity (Wildman–Crippen MR) is 147 cm³/mol. The Morgan fingerprint density at radius 3 is 1.97 bits per heavy atom. The van der Waals surface area contributed by atoms with E-state index in [9.17, 15) is 0 Å². The molecule has 0 bridgehead atoms. The molecule has 188 valence electrons. The van der Waals surface area contributed by atoms with Crippen LogP contribution in [0.25, 0.3) is 44.8 Å². The number of aromatic amines is 2. The molecule has 8 nitrogen and oxygen atoms in total. The lowest BCUT2D eigenvalue weighted by atomic mass is 10.0.